The van der Waals surface area contributed by atoms with E-state index in [1.165, 1.54) is 41.7 Å². The average Bonchev–Trinajstić information content (AvgIpc) is 1.54. The van der Waals surface area contributed by atoms with Gasteiger partial charge in [0.05, 0.1) is 47.3 Å². The molecular formula is C84H63F9Ir7N15-7. The van der Waals surface area contributed by atoms with Crippen LogP contribution in [0.1, 0.15) is 16.7 Å². The maximum atomic E-state index is 13.3. The summed E-state index contributed by atoms with van der Waals surface area (Å²) < 4.78 is 127. The fourth-order valence-electron chi connectivity index (χ4n) is 10.3. The van der Waals surface area contributed by atoms with Crippen molar-refractivity contribution in [2.75, 3.05) is 0 Å². The Morgan fingerprint density at radius 3 is 1.23 bits per heavy atom. The molecule has 16 aromatic rings. The molecule has 0 aliphatic heterocycles. The molecule has 0 saturated heterocycles. The molecule has 15 nitrogen and oxygen atoms in total. The van der Waals surface area contributed by atoms with Crippen LogP contribution >= 0.6 is 0 Å². The molecule has 7 heterocycles. The van der Waals surface area contributed by atoms with Crippen molar-refractivity contribution < 1.29 is 180 Å². The van der Waals surface area contributed by atoms with Crippen molar-refractivity contribution in [2.24, 2.45) is 35.2 Å². The fourth-order valence-corrected chi connectivity index (χ4v) is 10.3. The third-order valence-corrected chi connectivity index (χ3v) is 15.5. The van der Waals surface area contributed by atoms with Gasteiger partial charge >= 0.3 is 12.4 Å². The second kappa shape index (κ2) is 49.0. The van der Waals surface area contributed by atoms with Crippen molar-refractivity contribution in [3.8, 4) is 85.4 Å². The Bertz CT molecular complexity index is 5410. The van der Waals surface area contributed by atoms with E-state index in [1.807, 2.05) is 181 Å². The van der Waals surface area contributed by atoms with Crippen LogP contribution in [0, 0.1) is 66.5 Å². The minimum Gasteiger partial charge on any atom is -0.373 e. The van der Waals surface area contributed by atoms with Crippen LogP contribution < -0.4 is 0 Å². The summed E-state index contributed by atoms with van der Waals surface area (Å²) in [6.45, 7) is 7.74. The van der Waals surface area contributed by atoms with E-state index in [0.29, 0.717) is 17.6 Å². The minimum atomic E-state index is -4.92. The number of rotatable bonds is 10. The number of hydrogen-bond acceptors (Lipinski definition) is 7. The van der Waals surface area contributed by atoms with Gasteiger partial charge in [0.1, 0.15) is 5.69 Å². The van der Waals surface area contributed by atoms with E-state index in [9.17, 15) is 39.5 Å². The SMILES string of the molecule is Cn1ccnc1-c1[c-]c(C(F)(F)F)cc(C(F)(F)F)c1.Cn1ccnc1-c1[c-]cc(F)cc1.Cn1ccnc1-c1[c-]cc(F)cc1F.Cn1ccnc1-c1[c-]cccc1.[C-]#[N+]c1cc[c-]c(-c2nccn2C)c1.[Ir].[Ir].[Ir].[Ir].[Ir].[Ir].[Ir].[c-]1ccccc1-c1nccn1-c1ccccc1.[c-]1ccccc1-c1nccn1Cc1ccccc1. The second-order valence-electron chi connectivity index (χ2n) is 23.2. The van der Waals surface area contributed by atoms with E-state index < -0.39 is 35.1 Å². The number of benzene rings is 9. The average molecular weight is 2800 g/mol. The summed E-state index contributed by atoms with van der Waals surface area (Å²) in [4.78, 5) is 32.4. The molecule has 0 atom stereocenters. The van der Waals surface area contributed by atoms with Crippen LogP contribution in [-0.4, -0.2) is 66.9 Å². The van der Waals surface area contributed by atoms with Gasteiger partial charge in [0.25, 0.3) is 0 Å². The molecule has 607 valence electrons. The Morgan fingerprint density at radius 2 is 0.783 bits per heavy atom. The van der Waals surface area contributed by atoms with E-state index in [2.05, 4.69) is 122 Å². The van der Waals surface area contributed by atoms with Crippen molar-refractivity contribution in [1.29, 1.82) is 0 Å². The Labute approximate surface area is 754 Å². The van der Waals surface area contributed by atoms with Crippen molar-refractivity contribution in [2.45, 2.75) is 18.9 Å². The maximum Gasteiger partial charge on any atom is 0.399 e. The van der Waals surface area contributed by atoms with Gasteiger partial charge in [-0.1, -0.05) is 60.2 Å². The fraction of sp³-hybridized carbons (Fsp3) is 0.0952. The normalized spacial score (nSPS) is 10.1. The van der Waals surface area contributed by atoms with E-state index in [-0.39, 0.29) is 170 Å². The first kappa shape index (κ1) is 100. The molecule has 7 aromatic heterocycles. The molecule has 31 heteroatoms. The Balaban J connectivity index is 0.000000346. The van der Waals surface area contributed by atoms with Crippen molar-refractivity contribution in [1.82, 2.24) is 66.9 Å². The first-order valence-corrected chi connectivity index (χ1v) is 32.7. The summed E-state index contributed by atoms with van der Waals surface area (Å²) in [5.41, 5.74) is 4.65. The molecule has 0 N–H and O–H groups in total. The van der Waals surface area contributed by atoms with Gasteiger partial charge in [-0.2, -0.15) is 32.4 Å². The third kappa shape index (κ3) is 28.9. The van der Waals surface area contributed by atoms with Gasteiger partial charge in [0.15, 0.2) is 0 Å². The van der Waals surface area contributed by atoms with Gasteiger partial charge in [0, 0.05) is 292 Å². The van der Waals surface area contributed by atoms with Gasteiger partial charge in [-0.3, -0.25) is 52.9 Å². The van der Waals surface area contributed by atoms with Gasteiger partial charge in [0.2, 0.25) is 0 Å². The van der Waals surface area contributed by atoms with E-state index in [1.54, 1.807) is 66.9 Å². The number of para-hydroxylation sites is 1. The van der Waals surface area contributed by atoms with Crippen molar-refractivity contribution in [3.05, 3.63) is 369 Å². The Morgan fingerprint density at radius 1 is 0.365 bits per heavy atom. The standard InChI is InChI=1S/C16H13N2.C15H11N2.C12H7F6N2.C11H8N3.C10H7F2N2.C10H8FN2.C10H9N2.7Ir/c1-3-7-14(8-4-1)13-18-12-11-17-16(18)15-9-5-2-6-10-15;1-3-7-13(8-4-1)15-16-11-12-17(15)14-9-5-2-6-10-14;1-20-3-2-19-10(20)7-4-8(11(13,14)15)6-9(5-7)12(16,17)18;1-12-10-5-3-4-9(8-10)11-13-6-7-14(11)2;1-14-5-4-13-10(14)8-3-2-7(11)6-9(8)12;1-13-7-6-12-10(13)8-2-4-9(11)5-3-8;1-12-8-7-11-10(12)9-5-3-2-4-6-9;;;;;;;/h1-9,11-12H,13H2;1-7,9-12H;2-4,6H,1H3;3,5-8H,2H3;2,4-6H,1H3;2,4-7H,1H3;2-5,7-8H,1H3;;;;;;;/q7*-1;;;;;;;. The number of alkyl halides is 6. The molecule has 7 radical (unpaired) electrons. The van der Waals surface area contributed by atoms with Gasteiger partial charge < -0.3 is 32.0 Å². The van der Waals surface area contributed by atoms with Crippen LogP contribution in [0.25, 0.3) is 90.2 Å². The van der Waals surface area contributed by atoms with Crippen molar-refractivity contribution >= 4 is 5.69 Å². The topological polar surface area (TPSA) is 129 Å². The zero-order chi connectivity index (χ0) is 76.6. The number of halogens is 9. The predicted molar refractivity (Wildman–Crippen MR) is 393 cm³/mol. The Kier molecular flexibility index (Phi) is 42.7. The van der Waals surface area contributed by atoms with Crippen LogP contribution in [0.3, 0.4) is 0 Å². The molecule has 0 saturated carbocycles. The molecule has 0 amide bonds. The quantitative estimate of drug-likeness (QED) is 0.0985. The molecule has 115 heavy (non-hydrogen) atoms. The van der Waals surface area contributed by atoms with Gasteiger partial charge in [-0.05, 0) is 28.8 Å². The molecule has 16 rings (SSSR count). The molecule has 0 fully saturated rings. The molecule has 0 aliphatic carbocycles. The van der Waals surface area contributed by atoms with Crippen LogP contribution in [0.4, 0.5) is 45.2 Å². The molecule has 0 unspecified atom stereocenters. The third-order valence-electron chi connectivity index (χ3n) is 15.5. The Hall–Kier alpha value is -9.14. The largest absolute Gasteiger partial charge is 0.399 e. The molecule has 0 bridgehead atoms. The molecule has 0 aliphatic rings. The zero-order valence-corrected chi connectivity index (χ0v) is 77.5. The van der Waals surface area contributed by atoms with E-state index in [4.69, 9.17) is 6.57 Å². The molecule has 0 spiro atoms. The van der Waals surface area contributed by atoms with Crippen molar-refractivity contribution in [3.63, 3.8) is 0 Å². The summed E-state index contributed by atoms with van der Waals surface area (Å²) in [5, 5.41) is 0. The summed E-state index contributed by atoms with van der Waals surface area (Å²) in [5.74, 6) is 3.28. The van der Waals surface area contributed by atoms with Gasteiger partial charge in [-0.15, -0.1) is 197 Å². The smallest absolute Gasteiger partial charge is 0.373 e. The zero-order valence-electron chi connectivity index (χ0n) is 60.7. The monoisotopic (exact) mass is 2800 g/mol. The summed E-state index contributed by atoms with van der Waals surface area (Å²) in [7, 11) is 8.98. The molecular weight excluding hydrogens is 2740 g/mol. The van der Waals surface area contributed by atoms with Crippen LogP contribution in [-0.2, 0) is 195 Å². The van der Waals surface area contributed by atoms with Crippen LogP contribution in [0.2, 0.25) is 0 Å². The predicted octanol–water partition coefficient (Wildman–Crippen LogP) is 19.2. The second-order valence-corrected chi connectivity index (χ2v) is 23.2. The summed E-state index contributed by atoms with van der Waals surface area (Å²) >= 11 is 0. The number of imidazole rings is 7. The number of nitrogens with zero attached hydrogens (tertiary/aromatic N) is 15. The number of aromatic nitrogens is 14. The summed E-state index contributed by atoms with van der Waals surface area (Å²) in [6.07, 6.45) is 14.6. The number of hydrogen-bond donors (Lipinski definition) is 0. The van der Waals surface area contributed by atoms with E-state index in [0.717, 1.165) is 81.3 Å². The number of aryl methyl sites for hydroxylation is 5. The van der Waals surface area contributed by atoms with Gasteiger partial charge in [-0.25, -0.2) is 0 Å². The molecule has 9 aromatic carbocycles. The summed E-state index contributed by atoms with van der Waals surface area (Å²) in [6, 6.07) is 76.2. The van der Waals surface area contributed by atoms with E-state index >= 15 is 0 Å². The minimum absolute atomic E-state index is 0. The first-order chi connectivity index (χ1) is 52.1. The van der Waals surface area contributed by atoms with Crippen LogP contribution in [0.15, 0.2) is 281 Å². The first-order valence-electron chi connectivity index (χ1n) is 32.7. The van der Waals surface area contributed by atoms with Crippen LogP contribution in [0.5, 0.6) is 0 Å². The maximum absolute atomic E-state index is 13.3.